The molecule has 0 spiro atoms. The Balaban J connectivity index is 2.11. The highest BCUT2D eigenvalue weighted by molar-refractivity contribution is 5.02. The second kappa shape index (κ2) is 6.61. The first-order chi connectivity index (χ1) is 7.62. The summed E-state index contributed by atoms with van der Waals surface area (Å²) >= 11 is 0. The molecule has 0 saturated heterocycles. The Hall–Kier alpha value is -0.0800. The summed E-state index contributed by atoms with van der Waals surface area (Å²) in [5.74, 6) is 0. The highest BCUT2D eigenvalue weighted by Gasteiger charge is 2.48. The molecule has 1 aliphatic carbocycles. The predicted octanol–water partition coefficient (Wildman–Crippen LogP) is 3.36. The van der Waals surface area contributed by atoms with Crippen molar-refractivity contribution >= 4 is 0 Å². The average Bonchev–Trinajstić information content (AvgIpc) is 2.26. The van der Waals surface area contributed by atoms with Gasteiger partial charge in [-0.15, -0.1) is 0 Å². The van der Waals surface area contributed by atoms with Gasteiger partial charge in [-0.05, 0) is 19.4 Å². The van der Waals surface area contributed by atoms with Crippen molar-refractivity contribution < 1.29 is 4.74 Å². The van der Waals surface area contributed by atoms with Gasteiger partial charge in [0.05, 0.1) is 6.10 Å². The summed E-state index contributed by atoms with van der Waals surface area (Å²) in [6, 6.07) is 0.651. The summed E-state index contributed by atoms with van der Waals surface area (Å²) in [5.41, 5.74) is 0.320. The molecule has 2 unspecified atom stereocenters. The number of hydrogen-bond acceptors (Lipinski definition) is 2. The van der Waals surface area contributed by atoms with Gasteiger partial charge in [-0.3, -0.25) is 0 Å². The fourth-order valence-electron chi connectivity index (χ4n) is 2.52. The van der Waals surface area contributed by atoms with E-state index in [1.54, 1.807) is 0 Å². The zero-order valence-electron chi connectivity index (χ0n) is 11.5. The zero-order valence-corrected chi connectivity index (χ0v) is 11.5. The maximum atomic E-state index is 5.98. The average molecular weight is 227 g/mol. The summed E-state index contributed by atoms with van der Waals surface area (Å²) in [5, 5.41) is 3.53. The molecule has 0 aromatic rings. The lowest BCUT2D eigenvalue weighted by Crippen LogP contribution is -2.60. The van der Waals surface area contributed by atoms with Gasteiger partial charge in [0.1, 0.15) is 0 Å². The molecule has 1 rings (SSSR count). The third-order valence-corrected chi connectivity index (χ3v) is 3.95. The Morgan fingerprint density at radius 2 is 1.94 bits per heavy atom. The highest BCUT2D eigenvalue weighted by atomic mass is 16.5. The standard InChI is InChI=1S/C14H29NO/c1-5-7-8-9-10-16-13-11-12(15-6-2)14(13,3)4/h12-13,15H,5-11H2,1-4H3. The van der Waals surface area contributed by atoms with E-state index >= 15 is 0 Å². The number of nitrogens with one attached hydrogen (secondary N) is 1. The SMILES string of the molecule is CCCCCCOC1CC(NCC)C1(C)C. The number of ether oxygens (including phenoxy) is 1. The smallest absolute Gasteiger partial charge is 0.0655 e. The molecule has 2 atom stereocenters. The van der Waals surface area contributed by atoms with E-state index in [9.17, 15) is 0 Å². The first kappa shape index (κ1) is 14.0. The Morgan fingerprint density at radius 1 is 1.19 bits per heavy atom. The van der Waals surface area contributed by atoms with E-state index in [1.165, 1.54) is 32.1 Å². The second-order valence-electron chi connectivity index (χ2n) is 5.59. The third kappa shape index (κ3) is 3.46. The van der Waals surface area contributed by atoms with Gasteiger partial charge in [-0.2, -0.15) is 0 Å². The molecule has 0 aromatic carbocycles. The molecule has 1 N–H and O–H groups in total. The topological polar surface area (TPSA) is 21.3 Å². The van der Waals surface area contributed by atoms with Crippen molar-refractivity contribution in [3.8, 4) is 0 Å². The van der Waals surface area contributed by atoms with Crippen molar-refractivity contribution in [2.75, 3.05) is 13.2 Å². The molecular formula is C14H29NO. The molecule has 2 nitrogen and oxygen atoms in total. The first-order valence-electron chi connectivity index (χ1n) is 6.97. The Bertz CT molecular complexity index is 191. The van der Waals surface area contributed by atoms with Crippen LogP contribution in [0.5, 0.6) is 0 Å². The molecule has 1 fully saturated rings. The van der Waals surface area contributed by atoms with Gasteiger partial charge in [0.25, 0.3) is 0 Å². The van der Waals surface area contributed by atoms with Crippen molar-refractivity contribution in [3.05, 3.63) is 0 Å². The normalized spacial score (nSPS) is 27.8. The Kier molecular flexibility index (Phi) is 5.77. The lowest BCUT2D eigenvalue weighted by atomic mass is 9.64. The number of hydrogen-bond donors (Lipinski definition) is 1. The highest BCUT2D eigenvalue weighted by Crippen LogP contribution is 2.42. The van der Waals surface area contributed by atoms with Gasteiger partial charge < -0.3 is 10.1 Å². The molecular weight excluding hydrogens is 198 g/mol. The maximum Gasteiger partial charge on any atom is 0.0655 e. The molecule has 0 radical (unpaired) electrons. The van der Waals surface area contributed by atoms with Crippen molar-refractivity contribution in [1.82, 2.24) is 5.32 Å². The van der Waals surface area contributed by atoms with Crippen LogP contribution in [0.15, 0.2) is 0 Å². The van der Waals surface area contributed by atoms with E-state index in [-0.39, 0.29) is 0 Å². The molecule has 96 valence electrons. The van der Waals surface area contributed by atoms with Crippen molar-refractivity contribution in [2.45, 2.75) is 71.9 Å². The van der Waals surface area contributed by atoms with Gasteiger partial charge in [0.2, 0.25) is 0 Å². The summed E-state index contributed by atoms with van der Waals surface area (Å²) < 4.78 is 5.98. The fraction of sp³-hybridized carbons (Fsp3) is 1.00. The van der Waals surface area contributed by atoms with Gasteiger partial charge in [-0.1, -0.05) is 47.0 Å². The van der Waals surface area contributed by atoms with Gasteiger partial charge in [0, 0.05) is 18.1 Å². The van der Waals surface area contributed by atoms with Gasteiger partial charge in [-0.25, -0.2) is 0 Å². The molecule has 0 amide bonds. The minimum Gasteiger partial charge on any atom is -0.378 e. The van der Waals surface area contributed by atoms with E-state index in [4.69, 9.17) is 4.74 Å². The summed E-state index contributed by atoms with van der Waals surface area (Å²) in [4.78, 5) is 0. The number of unbranched alkanes of at least 4 members (excludes halogenated alkanes) is 3. The third-order valence-electron chi connectivity index (χ3n) is 3.95. The molecule has 1 aliphatic rings. The summed E-state index contributed by atoms with van der Waals surface area (Å²) in [6.07, 6.45) is 6.86. The van der Waals surface area contributed by atoms with Crippen LogP contribution in [0, 0.1) is 5.41 Å². The lowest BCUT2D eigenvalue weighted by molar-refractivity contribution is -0.117. The van der Waals surface area contributed by atoms with Crippen LogP contribution in [-0.4, -0.2) is 25.3 Å². The van der Waals surface area contributed by atoms with Crippen LogP contribution >= 0.6 is 0 Å². The van der Waals surface area contributed by atoms with Crippen LogP contribution < -0.4 is 5.32 Å². The van der Waals surface area contributed by atoms with Crippen LogP contribution in [-0.2, 0) is 4.74 Å². The quantitative estimate of drug-likeness (QED) is 0.642. The van der Waals surface area contributed by atoms with Crippen LogP contribution in [0.1, 0.15) is 59.8 Å². The van der Waals surface area contributed by atoms with Gasteiger partial charge in [0.15, 0.2) is 0 Å². The molecule has 0 aliphatic heterocycles. The Labute approximate surface area is 101 Å². The maximum absolute atomic E-state index is 5.98. The van der Waals surface area contributed by atoms with Crippen LogP contribution in [0.4, 0.5) is 0 Å². The molecule has 2 heteroatoms. The second-order valence-corrected chi connectivity index (χ2v) is 5.59. The minimum absolute atomic E-state index is 0.320. The van der Waals surface area contributed by atoms with Crippen LogP contribution in [0.3, 0.4) is 0 Å². The van der Waals surface area contributed by atoms with E-state index < -0.39 is 0 Å². The Morgan fingerprint density at radius 3 is 2.50 bits per heavy atom. The van der Waals surface area contributed by atoms with Crippen molar-refractivity contribution in [3.63, 3.8) is 0 Å². The largest absolute Gasteiger partial charge is 0.378 e. The molecule has 0 aromatic heterocycles. The van der Waals surface area contributed by atoms with E-state index in [1.807, 2.05) is 0 Å². The van der Waals surface area contributed by atoms with Crippen molar-refractivity contribution in [1.29, 1.82) is 0 Å². The predicted molar refractivity (Wildman–Crippen MR) is 69.7 cm³/mol. The van der Waals surface area contributed by atoms with E-state index in [2.05, 4.69) is 33.0 Å². The van der Waals surface area contributed by atoms with Gasteiger partial charge >= 0.3 is 0 Å². The van der Waals surface area contributed by atoms with Crippen molar-refractivity contribution in [2.24, 2.45) is 5.41 Å². The summed E-state index contributed by atoms with van der Waals surface area (Å²) in [6.45, 7) is 11.1. The molecule has 1 saturated carbocycles. The van der Waals surface area contributed by atoms with Crippen LogP contribution in [0.25, 0.3) is 0 Å². The fourth-order valence-corrected chi connectivity index (χ4v) is 2.52. The summed E-state index contributed by atoms with van der Waals surface area (Å²) in [7, 11) is 0. The van der Waals surface area contributed by atoms with E-state index in [0.29, 0.717) is 17.6 Å². The zero-order chi connectivity index (χ0) is 12.0. The first-order valence-corrected chi connectivity index (χ1v) is 6.97. The molecule has 0 bridgehead atoms. The van der Waals surface area contributed by atoms with E-state index in [0.717, 1.165) is 13.2 Å². The number of rotatable bonds is 8. The monoisotopic (exact) mass is 227 g/mol. The molecule has 0 heterocycles. The van der Waals surface area contributed by atoms with Crippen LogP contribution in [0.2, 0.25) is 0 Å². The molecule has 16 heavy (non-hydrogen) atoms. The minimum atomic E-state index is 0.320. The lowest BCUT2D eigenvalue weighted by Gasteiger charge is -2.52.